The van der Waals surface area contributed by atoms with E-state index in [1.807, 2.05) is 0 Å². The Labute approximate surface area is 113 Å². The smallest absolute Gasteiger partial charge is 0.317 e. The third kappa shape index (κ3) is 13.3. The molecule has 0 aromatic heterocycles. The average molecular weight is 289 g/mol. The number of carboxylic acid groups (broad SMARTS) is 2. The summed E-state index contributed by atoms with van der Waals surface area (Å²) in [7, 11) is 0. The van der Waals surface area contributed by atoms with Crippen molar-refractivity contribution in [3.8, 4) is 5.75 Å². The van der Waals surface area contributed by atoms with Crippen LogP contribution in [0, 0.1) is 10.1 Å². The SMILES string of the molecule is NCC(=O)O.NCC(=O)O.O=[N+]([O-])c1ccc(O)cc1. The maximum atomic E-state index is 10.0. The van der Waals surface area contributed by atoms with Crippen LogP contribution >= 0.6 is 0 Å². The molecule has 1 aromatic rings. The molecule has 0 spiro atoms. The number of nitrogens with zero attached hydrogens (tertiary/aromatic N) is 1. The lowest BCUT2D eigenvalue weighted by Crippen LogP contribution is -2.10. The molecule has 7 N–H and O–H groups in total. The first-order chi connectivity index (χ1) is 9.24. The van der Waals surface area contributed by atoms with Crippen LogP contribution < -0.4 is 11.5 Å². The molecule has 10 heteroatoms. The number of phenolic OH excluding ortho intramolecular Hbond substituents is 1. The van der Waals surface area contributed by atoms with Crippen molar-refractivity contribution in [2.75, 3.05) is 13.1 Å². The maximum absolute atomic E-state index is 10.0. The number of hydrogen-bond acceptors (Lipinski definition) is 7. The van der Waals surface area contributed by atoms with Gasteiger partial charge in [0, 0.05) is 12.1 Å². The third-order valence-electron chi connectivity index (χ3n) is 1.41. The largest absolute Gasteiger partial charge is 0.508 e. The number of nitro benzene ring substituents is 1. The molecule has 0 aliphatic heterocycles. The van der Waals surface area contributed by atoms with Gasteiger partial charge in [0.25, 0.3) is 5.69 Å². The fourth-order valence-corrected chi connectivity index (χ4v) is 0.574. The van der Waals surface area contributed by atoms with Crippen molar-refractivity contribution >= 4 is 17.6 Å². The molecule has 1 aromatic carbocycles. The van der Waals surface area contributed by atoms with E-state index in [-0.39, 0.29) is 24.5 Å². The molecule has 0 saturated heterocycles. The summed E-state index contributed by atoms with van der Waals surface area (Å²) in [6, 6.07) is 5.04. The number of aromatic hydroxyl groups is 1. The molecule has 0 atom stereocenters. The van der Waals surface area contributed by atoms with E-state index >= 15 is 0 Å². The van der Waals surface area contributed by atoms with Crippen LogP contribution in [0.4, 0.5) is 5.69 Å². The van der Waals surface area contributed by atoms with Crippen LogP contribution in [-0.4, -0.2) is 45.3 Å². The number of phenols is 1. The van der Waals surface area contributed by atoms with Crippen LogP contribution in [0.25, 0.3) is 0 Å². The molecule has 0 unspecified atom stereocenters. The van der Waals surface area contributed by atoms with Gasteiger partial charge in [0.2, 0.25) is 0 Å². The van der Waals surface area contributed by atoms with Crippen molar-refractivity contribution in [1.29, 1.82) is 0 Å². The van der Waals surface area contributed by atoms with Crippen LogP contribution in [0.3, 0.4) is 0 Å². The van der Waals surface area contributed by atoms with Crippen LogP contribution in [0.1, 0.15) is 0 Å². The maximum Gasteiger partial charge on any atom is 0.317 e. The minimum absolute atomic E-state index is 0.0159. The van der Waals surface area contributed by atoms with Gasteiger partial charge in [-0.3, -0.25) is 19.7 Å². The van der Waals surface area contributed by atoms with E-state index in [9.17, 15) is 19.7 Å². The third-order valence-corrected chi connectivity index (χ3v) is 1.41. The lowest BCUT2D eigenvalue weighted by atomic mass is 10.3. The summed E-state index contributed by atoms with van der Waals surface area (Å²) in [5.41, 5.74) is 9.13. The molecule has 112 valence electrons. The summed E-state index contributed by atoms with van der Waals surface area (Å²) in [6.07, 6.45) is 0. The van der Waals surface area contributed by atoms with Crippen molar-refractivity contribution in [3.05, 3.63) is 34.4 Å². The Balaban J connectivity index is 0. The molecular formula is C10H15N3O7. The van der Waals surface area contributed by atoms with E-state index in [1.54, 1.807) is 0 Å². The predicted molar refractivity (Wildman–Crippen MR) is 68.1 cm³/mol. The summed E-state index contributed by atoms with van der Waals surface area (Å²) in [4.78, 5) is 28.0. The highest BCUT2D eigenvalue weighted by atomic mass is 16.6. The lowest BCUT2D eigenvalue weighted by molar-refractivity contribution is -0.384. The number of aliphatic carboxylic acids is 2. The van der Waals surface area contributed by atoms with E-state index < -0.39 is 16.9 Å². The Kier molecular flexibility index (Phi) is 11.2. The van der Waals surface area contributed by atoms with E-state index in [0.29, 0.717) is 0 Å². The summed E-state index contributed by atoms with van der Waals surface area (Å²) >= 11 is 0. The fraction of sp³-hybridized carbons (Fsp3) is 0.200. The molecule has 20 heavy (non-hydrogen) atoms. The fourth-order valence-electron chi connectivity index (χ4n) is 0.574. The van der Waals surface area contributed by atoms with Gasteiger partial charge in [-0.1, -0.05) is 0 Å². The Morgan fingerprint density at radius 1 is 1.05 bits per heavy atom. The Hall–Kier alpha value is -2.72. The minimum atomic E-state index is -0.968. The Morgan fingerprint density at radius 3 is 1.55 bits per heavy atom. The molecule has 0 aliphatic rings. The molecule has 0 heterocycles. The summed E-state index contributed by atoms with van der Waals surface area (Å²) in [5, 5.41) is 33.9. The average Bonchev–Trinajstić information content (AvgIpc) is 2.40. The predicted octanol–water partition coefficient (Wildman–Crippen LogP) is -0.640. The number of benzene rings is 1. The van der Waals surface area contributed by atoms with Crippen LogP contribution in [0.2, 0.25) is 0 Å². The van der Waals surface area contributed by atoms with Gasteiger partial charge < -0.3 is 26.8 Å². The number of nitro groups is 1. The van der Waals surface area contributed by atoms with Crippen molar-refractivity contribution in [2.24, 2.45) is 11.5 Å². The first kappa shape index (κ1) is 19.6. The van der Waals surface area contributed by atoms with Gasteiger partial charge in [-0.15, -0.1) is 0 Å². The number of rotatable bonds is 3. The van der Waals surface area contributed by atoms with E-state index in [1.165, 1.54) is 24.3 Å². The van der Waals surface area contributed by atoms with E-state index in [4.69, 9.17) is 15.3 Å². The second kappa shape index (κ2) is 11.4. The zero-order chi connectivity index (χ0) is 16.1. The van der Waals surface area contributed by atoms with E-state index in [0.717, 1.165) is 0 Å². The second-order valence-electron chi connectivity index (χ2n) is 2.97. The lowest BCUT2D eigenvalue weighted by Gasteiger charge is -1.89. The van der Waals surface area contributed by atoms with Crippen molar-refractivity contribution < 1.29 is 29.8 Å². The number of nitrogens with two attached hydrogens (primary N) is 2. The molecule has 0 saturated carbocycles. The van der Waals surface area contributed by atoms with Crippen LogP contribution in [0.5, 0.6) is 5.75 Å². The van der Waals surface area contributed by atoms with Crippen molar-refractivity contribution in [2.45, 2.75) is 0 Å². The summed E-state index contributed by atoms with van der Waals surface area (Å²) < 4.78 is 0. The molecule has 0 aliphatic carbocycles. The summed E-state index contributed by atoms with van der Waals surface area (Å²) in [6.45, 7) is -0.556. The van der Waals surface area contributed by atoms with Gasteiger partial charge in [-0.2, -0.15) is 0 Å². The molecule has 0 amide bonds. The van der Waals surface area contributed by atoms with Gasteiger partial charge in [0.1, 0.15) is 5.75 Å². The number of carboxylic acids is 2. The molecule has 1 rings (SSSR count). The second-order valence-corrected chi connectivity index (χ2v) is 2.97. The Bertz CT molecular complexity index is 419. The monoisotopic (exact) mass is 289 g/mol. The number of carbonyl (C=O) groups is 2. The topological polar surface area (TPSA) is 190 Å². The molecule has 0 bridgehead atoms. The number of hydrogen-bond donors (Lipinski definition) is 5. The van der Waals surface area contributed by atoms with Gasteiger partial charge in [-0.25, -0.2) is 0 Å². The zero-order valence-corrected chi connectivity index (χ0v) is 10.3. The Morgan fingerprint density at radius 2 is 1.35 bits per heavy atom. The zero-order valence-electron chi connectivity index (χ0n) is 10.3. The van der Waals surface area contributed by atoms with Crippen molar-refractivity contribution in [1.82, 2.24) is 0 Å². The first-order valence-corrected chi connectivity index (χ1v) is 5.01. The van der Waals surface area contributed by atoms with Crippen molar-refractivity contribution in [3.63, 3.8) is 0 Å². The highest BCUT2D eigenvalue weighted by Gasteiger charge is 2.01. The minimum Gasteiger partial charge on any atom is -0.508 e. The number of non-ortho nitro benzene ring substituents is 1. The quantitative estimate of drug-likeness (QED) is 0.355. The highest BCUT2D eigenvalue weighted by Crippen LogP contribution is 2.14. The van der Waals surface area contributed by atoms with Gasteiger partial charge in [0.15, 0.2) is 0 Å². The standard InChI is InChI=1S/C6H5NO3.2C2H5NO2/c8-6-3-1-5(2-4-6)7(9)10;2*3-1-2(4)5/h1-4,8H;2*1,3H2,(H,4,5). The van der Waals surface area contributed by atoms with Gasteiger partial charge in [-0.05, 0) is 12.1 Å². The summed E-state index contributed by atoms with van der Waals surface area (Å²) in [5.74, 6) is -1.90. The van der Waals surface area contributed by atoms with Gasteiger partial charge in [0.05, 0.1) is 18.0 Å². The first-order valence-electron chi connectivity index (χ1n) is 5.01. The molecule has 10 nitrogen and oxygen atoms in total. The van der Waals surface area contributed by atoms with E-state index in [2.05, 4.69) is 11.5 Å². The normalized spacial score (nSPS) is 8.30. The highest BCUT2D eigenvalue weighted by molar-refractivity contribution is 5.68. The molecular weight excluding hydrogens is 274 g/mol. The van der Waals surface area contributed by atoms with Crippen LogP contribution in [0.15, 0.2) is 24.3 Å². The van der Waals surface area contributed by atoms with Crippen LogP contribution in [-0.2, 0) is 9.59 Å². The van der Waals surface area contributed by atoms with Gasteiger partial charge >= 0.3 is 11.9 Å². The molecule has 0 radical (unpaired) electrons. The molecule has 0 fully saturated rings.